The predicted molar refractivity (Wildman–Crippen MR) is 62.6 cm³/mol. The Bertz CT molecular complexity index is 561. The number of ether oxygens (including phenoxy) is 1. The van der Waals surface area contributed by atoms with E-state index in [1.165, 1.54) is 12.4 Å². The lowest BCUT2D eigenvalue weighted by molar-refractivity contribution is 0.454. The van der Waals surface area contributed by atoms with Gasteiger partial charge in [0.15, 0.2) is 5.69 Å². The highest BCUT2D eigenvalue weighted by molar-refractivity contribution is 5.36. The van der Waals surface area contributed by atoms with E-state index in [-0.39, 0.29) is 5.69 Å². The van der Waals surface area contributed by atoms with E-state index in [1.54, 1.807) is 0 Å². The third-order valence-corrected chi connectivity index (χ3v) is 2.30. The molecule has 1 aromatic heterocycles. The van der Waals surface area contributed by atoms with Crippen molar-refractivity contribution >= 4 is 0 Å². The van der Waals surface area contributed by atoms with Crippen LogP contribution >= 0.6 is 0 Å². The van der Waals surface area contributed by atoms with Crippen LogP contribution in [0, 0.1) is 11.3 Å². The number of nitrogens with zero attached hydrogens (tertiary/aromatic N) is 3. The van der Waals surface area contributed by atoms with Gasteiger partial charge in [-0.2, -0.15) is 10.2 Å². The summed E-state index contributed by atoms with van der Waals surface area (Å²) < 4.78 is 5.62. The summed E-state index contributed by atoms with van der Waals surface area (Å²) in [6, 6.07) is 9.66. The van der Waals surface area contributed by atoms with E-state index in [1.807, 2.05) is 30.3 Å². The molecule has 0 radical (unpaired) electrons. The van der Waals surface area contributed by atoms with Crippen LogP contribution in [0.3, 0.4) is 0 Å². The molecule has 4 nitrogen and oxygen atoms in total. The average Bonchev–Trinajstić information content (AvgIpc) is 2.39. The van der Waals surface area contributed by atoms with Gasteiger partial charge in [-0.05, 0) is 18.1 Å². The van der Waals surface area contributed by atoms with Gasteiger partial charge in [0.05, 0.1) is 12.4 Å². The summed E-state index contributed by atoms with van der Waals surface area (Å²) in [6.07, 6.45) is 3.77. The lowest BCUT2D eigenvalue weighted by atomic mass is 10.1. The maximum atomic E-state index is 8.72. The number of aryl methyl sites for hydroxylation is 1. The Morgan fingerprint density at radius 2 is 2.12 bits per heavy atom. The minimum absolute atomic E-state index is 0.247. The van der Waals surface area contributed by atoms with Crippen LogP contribution in [0.5, 0.6) is 11.6 Å². The summed E-state index contributed by atoms with van der Waals surface area (Å²) in [5.41, 5.74) is 1.34. The number of nitriles is 1. The molecule has 0 spiro atoms. The molecule has 84 valence electrons. The highest BCUT2D eigenvalue weighted by Gasteiger charge is 2.04. The first-order valence-corrected chi connectivity index (χ1v) is 5.31. The smallest absolute Gasteiger partial charge is 0.239 e. The zero-order chi connectivity index (χ0) is 12.1. The molecule has 0 aliphatic carbocycles. The molecule has 0 unspecified atom stereocenters. The van der Waals surface area contributed by atoms with Gasteiger partial charge in [0.25, 0.3) is 0 Å². The molecule has 0 saturated carbocycles. The fourth-order valence-corrected chi connectivity index (χ4v) is 1.46. The number of aromatic nitrogens is 2. The van der Waals surface area contributed by atoms with Crippen molar-refractivity contribution in [2.24, 2.45) is 0 Å². The second-order valence-corrected chi connectivity index (χ2v) is 3.42. The second-order valence-electron chi connectivity index (χ2n) is 3.42. The molecule has 17 heavy (non-hydrogen) atoms. The minimum Gasteiger partial charge on any atom is -0.437 e. The fourth-order valence-electron chi connectivity index (χ4n) is 1.46. The molecule has 0 N–H and O–H groups in total. The summed E-state index contributed by atoms with van der Waals surface area (Å²) in [5.74, 6) is 1.09. The topological polar surface area (TPSA) is 58.8 Å². The Kier molecular flexibility index (Phi) is 3.31. The van der Waals surface area contributed by atoms with Crippen LogP contribution in [0.4, 0.5) is 0 Å². The maximum Gasteiger partial charge on any atom is 0.239 e. The second kappa shape index (κ2) is 5.08. The zero-order valence-corrected chi connectivity index (χ0v) is 9.42. The van der Waals surface area contributed by atoms with Crippen LogP contribution < -0.4 is 4.74 Å². The van der Waals surface area contributed by atoms with Crippen molar-refractivity contribution < 1.29 is 4.74 Å². The van der Waals surface area contributed by atoms with Crippen molar-refractivity contribution in [1.29, 1.82) is 5.26 Å². The number of hydrogen-bond donors (Lipinski definition) is 0. The predicted octanol–water partition coefficient (Wildman–Crippen LogP) is 2.70. The van der Waals surface area contributed by atoms with Gasteiger partial charge in [-0.1, -0.05) is 25.1 Å². The van der Waals surface area contributed by atoms with Crippen LogP contribution in [0.2, 0.25) is 0 Å². The molecule has 4 heteroatoms. The molecule has 0 saturated heterocycles. The summed E-state index contributed by atoms with van der Waals surface area (Å²) >= 11 is 0. The van der Waals surface area contributed by atoms with Gasteiger partial charge in [-0.15, -0.1) is 0 Å². The van der Waals surface area contributed by atoms with E-state index in [0.717, 1.165) is 17.7 Å². The Morgan fingerprint density at radius 3 is 2.88 bits per heavy atom. The van der Waals surface area contributed by atoms with Crippen LogP contribution in [-0.4, -0.2) is 9.97 Å². The third-order valence-electron chi connectivity index (χ3n) is 2.30. The molecular weight excluding hydrogens is 214 g/mol. The van der Waals surface area contributed by atoms with Gasteiger partial charge in [0, 0.05) is 0 Å². The van der Waals surface area contributed by atoms with Gasteiger partial charge in [-0.3, -0.25) is 4.98 Å². The lowest BCUT2D eigenvalue weighted by Gasteiger charge is -2.08. The summed E-state index contributed by atoms with van der Waals surface area (Å²) in [6.45, 7) is 2.06. The summed E-state index contributed by atoms with van der Waals surface area (Å²) in [7, 11) is 0. The normalized spacial score (nSPS) is 9.65. The molecule has 0 atom stereocenters. The number of para-hydroxylation sites is 1. The fraction of sp³-hybridized carbons (Fsp3) is 0.154. The van der Waals surface area contributed by atoms with Crippen LogP contribution in [-0.2, 0) is 6.42 Å². The Balaban J connectivity index is 2.28. The average molecular weight is 225 g/mol. The number of benzene rings is 1. The van der Waals surface area contributed by atoms with Gasteiger partial charge in [0.1, 0.15) is 11.8 Å². The van der Waals surface area contributed by atoms with Crippen LogP contribution in [0.25, 0.3) is 0 Å². The Morgan fingerprint density at radius 1 is 1.29 bits per heavy atom. The largest absolute Gasteiger partial charge is 0.437 e. The lowest BCUT2D eigenvalue weighted by Crippen LogP contribution is -1.94. The molecule has 2 aromatic rings. The summed E-state index contributed by atoms with van der Waals surface area (Å²) in [4.78, 5) is 7.91. The molecule has 0 fully saturated rings. The van der Waals surface area contributed by atoms with E-state index < -0.39 is 0 Å². The number of rotatable bonds is 3. The highest BCUT2D eigenvalue weighted by Crippen LogP contribution is 2.23. The minimum atomic E-state index is 0.247. The molecule has 0 aliphatic heterocycles. The van der Waals surface area contributed by atoms with Gasteiger partial charge < -0.3 is 4.74 Å². The van der Waals surface area contributed by atoms with Crippen molar-refractivity contribution in [3.8, 4) is 17.7 Å². The standard InChI is InChI=1S/C13H11N3O/c1-2-10-5-3-4-6-12(10)17-13-9-15-8-11(7-14)16-13/h3-6,8-9H,2H2,1H3. The van der Waals surface area contributed by atoms with E-state index in [0.29, 0.717) is 5.88 Å². The van der Waals surface area contributed by atoms with Crippen molar-refractivity contribution in [1.82, 2.24) is 9.97 Å². The van der Waals surface area contributed by atoms with Gasteiger partial charge in [-0.25, -0.2) is 0 Å². The van der Waals surface area contributed by atoms with Crippen LogP contribution in [0.1, 0.15) is 18.2 Å². The van der Waals surface area contributed by atoms with Crippen molar-refractivity contribution in [2.45, 2.75) is 13.3 Å². The first-order chi connectivity index (χ1) is 8.33. The molecule has 0 amide bonds. The van der Waals surface area contributed by atoms with E-state index in [4.69, 9.17) is 10.00 Å². The third kappa shape index (κ3) is 2.58. The SMILES string of the molecule is CCc1ccccc1Oc1cncc(C#N)n1. The maximum absolute atomic E-state index is 8.72. The molecular formula is C13H11N3O. The van der Waals surface area contributed by atoms with Crippen LogP contribution in [0.15, 0.2) is 36.7 Å². The zero-order valence-electron chi connectivity index (χ0n) is 9.42. The van der Waals surface area contributed by atoms with E-state index in [9.17, 15) is 0 Å². The van der Waals surface area contributed by atoms with Crippen molar-refractivity contribution in [2.75, 3.05) is 0 Å². The highest BCUT2D eigenvalue weighted by atomic mass is 16.5. The Labute approximate surface area is 99.5 Å². The monoisotopic (exact) mass is 225 g/mol. The van der Waals surface area contributed by atoms with Crippen molar-refractivity contribution in [3.05, 3.63) is 47.9 Å². The Hall–Kier alpha value is -2.41. The van der Waals surface area contributed by atoms with Gasteiger partial charge in [0.2, 0.25) is 5.88 Å². The first-order valence-electron chi connectivity index (χ1n) is 5.31. The van der Waals surface area contributed by atoms with Gasteiger partial charge >= 0.3 is 0 Å². The van der Waals surface area contributed by atoms with Crippen molar-refractivity contribution in [3.63, 3.8) is 0 Å². The molecule has 1 aromatic carbocycles. The van der Waals surface area contributed by atoms with E-state index >= 15 is 0 Å². The van der Waals surface area contributed by atoms with E-state index in [2.05, 4.69) is 16.9 Å². The summed E-state index contributed by atoms with van der Waals surface area (Å²) in [5, 5.41) is 8.72. The molecule has 2 rings (SSSR count). The quantitative estimate of drug-likeness (QED) is 0.805. The molecule has 0 aliphatic rings. The first kappa shape index (κ1) is 11.1. The molecule has 0 bridgehead atoms. The molecule has 1 heterocycles. The number of hydrogen-bond acceptors (Lipinski definition) is 4.